The number of rotatable bonds is 6. The average Bonchev–Trinajstić information content (AvgIpc) is 2.00. The Hall–Kier alpha value is -0.340. The minimum absolute atomic E-state index is 0.101. The van der Waals surface area contributed by atoms with E-state index in [1.54, 1.807) is 0 Å². The molecule has 14 heavy (non-hydrogen) atoms. The summed E-state index contributed by atoms with van der Waals surface area (Å²) >= 11 is 0. The standard InChI is InChI=1S/C9H20NO3P/c1-4-5-8(2)6-14(12,13)7-10-9(3)11/h8H,4-7H2,1-3H3,(H,10,11)(H,12,13). The van der Waals surface area contributed by atoms with Crippen LogP contribution >= 0.6 is 7.37 Å². The molecule has 0 aromatic carbocycles. The third-order valence-electron chi connectivity index (χ3n) is 1.95. The fourth-order valence-electron chi connectivity index (χ4n) is 1.37. The Morgan fingerprint density at radius 2 is 2.14 bits per heavy atom. The van der Waals surface area contributed by atoms with Crippen LogP contribution in [0.1, 0.15) is 33.6 Å². The van der Waals surface area contributed by atoms with E-state index in [2.05, 4.69) is 5.32 Å². The van der Waals surface area contributed by atoms with Crippen LogP contribution in [0.4, 0.5) is 0 Å². The van der Waals surface area contributed by atoms with Gasteiger partial charge in [-0.25, -0.2) is 0 Å². The molecule has 0 radical (unpaired) electrons. The van der Waals surface area contributed by atoms with E-state index >= 15 is 0 Å². The van der Waals surface area contributed by atoms with Gasteiger partial charge in [0.1, 0.15) is 0 Å². The van der Waals surface area contributed by atoms with Gasteiger partial charge in [-0.15, -0.1) is 0 Å². The van der Waals surface area contributed by atoms with Crippen LogP contribution in [0, 0.1) is 5.92 Å². The second kappa shape index (κ2) is 6.20. The van der Waals surface area contributed by atoms with Crippen molar-refractivity contribution in [1.29, 1.82) is 0 Å². The maximum Gasteiger partial charge on any atom is 0.219 e. The van der Waals surface area contributed by atoms with Gasteiger partial charge in [0.15, 0.2) is 0 Å². The molecule has 1 amide bonds. The van der Waals surface area contributed by atoms with Crippen LogP contribution in [-0.4, -0.2) is 23.2 Å². The van der Waals surface area contributed by atoms with Gasteiger partial charge in [-0.05, 0) is 5.92 Å². The Morgan fingerprint density at radius 1 is 1.57 bits per heavy atom. The Balaban J connectivity index is 3.93. The first-order chi connectivity index (χ1) is 6.37. The highest BCUT2D eigenvalue weighted by Gasteiger charge is 2.21. The zero-order valence-electron chi connectivity index (χ0n) is 9.12. The molecule has 2 unspecified atom stereocenters. The quantitative estimate of drug-likeness (QED) is 0.672. The van der Waals surface area contributed by atoms with Crippen LogP contribution in [0.2, 0.25) is 0 Å². The number of carbonyl (C=O) groups excluding carboxylic acids is 1. The summed E-state index contributed by atoms with van der Waals surface area (Å²) in [6.07, 6.45) is 2.16. The first kappa shape index (κ1) is 13.7. The molecule has 0 rings (SSSR count). The van der Waals surface area contributed by atoms with Crippen molar-refractivity contribution in [3.63, 3.8) is 0 Å². The molecule has 0 aliphatic carbocycles. The highest BCUT2D eigenvalue weighted by Crippen LogP contribution is 2.41. The average molecular weight is 221 g/mol. The topological polar surface area (TPSA) is 66.4 Å². The molecule has 5 heteroatoms. The minimum Gasteiger partial charge on any atom is -0.347 e. The number of hydrogen-bond acceptors (Lipinski definition) is 2. The second-order valence-electron chi connectivity index (χ2n) is 3.81. The van der Waals surface area contributed by atoms with Crippen LogP contribution < -0.4 is 5.32 Å². The van der Waals surface area contributed by atoms with E-state index < -0.39 is 7.37 Å². The van der Waals surface area contributed by atoms with E-state index in [0.29, 0.717) is 6.16 Å². The van der Waals surface area contributed by atoms with Gasteiger partial charge in [0, 0.05) is 13.1 Å². The van der Waals surface area contributed by atoms with E-state index in [4.69, 9.17) is 0 Å². The summed E-state index contributed by atoms with van der Waals surface area (Å²) in [5.74, 6) is -0.0213. The third kappa shape index (κ3) is 7.10. The van der Waals surface area contributed by atoms with Crippen LogP contribution in [0.25, 0.3) is 0 Å². The third-order valence-corrected chi connectivity index (χ3v) is 3.80. The van der Waals surface area contributed by atoms with Crippen molar-refractivity contribution in [3.05, 3.63) is 0 Å². The van der Waals surface area contributed by atoms with Crippen molar-refractivity contribution in [3.8, 4) is 0 Å². The van der Waals surface area contributed by atoms with Gasteiger partial charge in [-0.1, -0.05) is 26.7 Å². The maximum absolute atomic E-state index is 11.5. The molecule has 2 atom stereocenters. The second-order valence-corrected chi connectivity index (χ2v) is 6.19. The van der Waals surface area contributed by atoms with Gasteiger partial charge in [-0.3, -0.25) is 9.36 Å². The first-order valence-corrected chi connectivity index (χ1v) is 6.95. The molecule has 0 bridgehead atoms. The maximum atomic E-state index is 11.5. The van der Waals surface area contributed by atoms with Gasteiger partial charge >= 0.3 is 0 Å². The molecule has 0 fully saturated rings. The normalized spacial score (nSPS) is 17.1. The van der Waals surface area contributed by atoms with Crippen molar-refractivity contribution in [2.75, 3.05) is 12.4 Å². The molecular weight excluding hydrogens is 201 g/mol. The van der Waals surface area contributed by atoms with Gasteiger partial charge in [0.05, 0.1) is 6.29 Å². The molecule has 0 aliphatic rings. The van der Waals surface area contributed by atoms with Crippen molar-refractivity contribution in [2.45, 2.75) is 33.6 Å². The number of carbonyl (C=O) groups is 1. The van der Waals surface area contributed by atoms with Gasteiger partial charge in [0.25, 0.3) is 0 Å². The van der Waals surface area contributed by atoms with E-state index in [0.717, 1.165) is 12.8 Å². The number of hydrogen-bond donors (Lipinski definition) is 2. The summed E-state index contributed by atoms with van der Waals surface area (Å²) < 4.78 is 11.5. The summed E-state index contributed by atoms with van der Waals surface area (Å²) in [4.78, 5) is 20.1. The lowest BCUT2D eigenvalue weighted by atomic mass is 10.1. The lowest BCUT2D eigenvalue weighted by molar-refractivity contribution is -0.118. The Labute approximate surface area is 85.5 Å². The lowest BCUT2D eigenvalue weighted by Crippen LogP contribution is -2.22. The molecule has 0 aliphatic heterocycles. The summed E-state index contributed by atoms with van der Waals surface area (Å²) in [7, 11) is -3.16. The minimum atomic E-state index is -3.16. The fraction of sp³-hybridized carbons (Fsp3) is 0.889. The molecular formula is C9H20NO3P. The molecule has 0 saturated carbocycles. The molecule has 2 N–H and O–H groups in total. The lowest BCUT2D eigenvalue weighted by Gasteiger charge is -2.16. The predicted octanol–water partition coefficient (Wildman–Crippen LogP) is 1.79. The van der Waals surface area contributed by atoms with Crippen molar-refractivity contribution in [1.82, 2.24) is 5.32 Å². The van der Waals surface area contributed by atoms with Crippen molar-refractivity contribution in [2.24, 2.45) is 5.92 Å². The number of nitrogens with one attached hydrogen (secondary N) is 1. The molecule has 0 aromatic heterocycles. The van der Waals surface area contributed by atoms with E-state index in [9.17, 15) is 14.3 Å². The largest absolute Gasteiger partial charge is 0.347 e. The monoisotopic (exact) mass is 221 g/mol. The van der Waals surface area contributed by atoms with Gasteiger partial charge < -0.3 is 10.2 Å². The summed E-state index contributed by atoms with van der Waals surface area (Å²) in [6.45, 7) is 5.35. The molecule has 4 nitrogen and oxygen atoms in total. The van der Waals surface area contributed by atoms with Crippen LogP contribution in [0.5, 0.6) is 0 Å². The molecule has 84 valence electrons. The zero-order chi connectivity index (χ0) is 11.2. The van der Waals surface area contributed by atoms with E-state index in [1.165, 1.54) is 6.92 Å². The van der Waals surface area contributed by atoms with Crippen molar-refractivity contribution < 1.29 is 14.3 Å². The molecule has 0 saturated heterocycles. The zero-order valence-corrected chi connectivity index (χ0v) is 10.0. The Kier molecular flexibility index (Phi) is 6.05. The smallest absolute Gasteiger partial charge is 0.219 e. The fourth-order valence-corrected chi connectivity index (χ4v) is 3.13. The summed E-state index contributed by atoms with van der Waals surface area (Å²) in [5.41, 5.74) is 0. The molecule has 0 spiro atoms. The van der Waals surface area contributed by atoms with Gasteiger partial charge in [-0.2, -0.15) is 0 Å². The SMILES string of the molecule is CCCC(C)CP(=O)(O)CNC(C)=O. The van der Waals surface area contributed by atoms with Gasteiger partial charge in [0.2, 0.25) is 13.3 Å². The summed E-state index contributed by atoms with van der Waals surface area (Å²) in [5, 5.41) is 2.38. The number of amides is 1. The van der Waals surface area contributed by atoms with Crippen molar-refractivity contribution >= 4 is 13.3 Å². The molecule has 0 heterocycles. The van der Waals surface area contributed by atoms with E-state index in [-0.39, 0.29) is 18.1 Å². The van der Waals surface area contributed by atoms with Crippen LogP contribution in [-0.2, 0) is 9.36 Å². The Bertz CT molecular complexity index is 230. The van der Waals surface area contributed by atoms with Crippen LogP contribution in [0.3, 0.4) is 0 Å². The highest BCUT2D eigenvalue weighted by atomic mass is 31.2. The predicted molar refractivity (Wildman–Crippen MR) is 57.4 cm³/mol. The molecule has 0 aromatic rings. The van der Waals surface area contributed by atoms with E-state index in [1.807, 2.05) is 13.8 Å². The highest BCUT2D eigenvalue weighted by molar-refractivity contribution is 7.57. The summed E-state index contributed by atoms with van der Waals surface area (Å²) in [6, 6.07) is 0. The van der Waals surface area contributed by atoms with Crippen LogP contribution in [0.15, 0.2) is 0 Å². The Morgan fingerprint density at radius 3 is 2.57 bits per heavy atom. The first-order valence-electron chi connectivity index (χ1n) is 4.92.